The smallest absolute Gasteiger partial charge is 0.407 e. The number of aromatic amines is 1. The third kappa shape index (κ3) is 2.78. The largest absolute Gasteiger partial charge is 0.465 e. The van der Waals surface area contributed by atoms with E-state index in [1.54, 1.807) is 0 Å². The van der Waals surface area contributed by atoms with Gasteiger partial charge in [0.15, 0.2) is 0 Å². The predicted octanol–water partition coefficient (Wildman–Crippen LogP) is 4.04. The lowest BCUT2D eigenvalue weighted by molar-refractivity contribution is 0.139. The number of hydrogen-bond acceptors (Lipinski definition) is 3. The molecule has 128 valence electrons. The predicted molar refractivity (Wildman–Crippen MR) is 98.6 cm³/mol. The first-order valence-corrected chi connectivity index (χ1v) is 8.85. The molecule has 1 aliphatic rings. The summed E-state index contributed by atoms with van der Waals surface area (Å²) in [5, 5.41) is 9.21. The van der Waals surface area contributed by atoms with E-state index in [1.807, 2.05) is 26.0 Å². The molecular weight excluding hydrogens is 384 g/mol. The minimum atomic E-state index is -0.899. The number of H-pyrrole nitrogens is 1. The average molecular weight is 401 g/mol. The standard InChI is InChI=1S/C18H17BrN4O2/c1-9-5-12(6-10(2)20-9)16-15(19)17-13(21-16)7-11-3-4-23(18(24)25)8-14(11)22-17/h5-7,21H,3-4,8H2,1-2H3,(H,24,25). The number of aryl methyl sites for hydroxylation is 2. The van der Waals surface area contributed by atoms with Crippen molar-refractivity contribution >= 4 is 33.1 Å². The Morgan fingerprint density at radius 1 is 1.24 bits per heavy atom. The van der Waals surface area contributed by atoms with Crippen LogP contribution in [0.15, 0.2) is 22.7 Å². The number of carbonyl (C=O) groups is 1. The van der Waals surface area contributed by atoms with Crippen LogP contribution in [0.3, 0.4) is 0 Å². The normalized spacial score (nSPS) is 14.0. The van der Waals surface area contributed by atoms with Gasteiger partial charge >= 0.3 is 6.09 Å². The van der Waals surface area contributed by atoms with Crippen molar-refractivity contribution < 1.29 is 9.90 Å². The molecule has 3 aromatic heterocycles. The van der Waals surface area contributed by atoms with Gasteiger partial charge in [-0.15, -0.1) is 0 Å². The highest BCUT2D eigenvalue weighted by atomic mass is 79.9. The van der Waals surface area contributed by atoms with Gasteiger partial charge in [-0.3, -0.25) is 4.98 Å². The molecule has 0 radical (unpaired) electrons. The molecule has 0 saturated heterocycles. The van der Waals surface area contributed by atoms with Crippen molar-refractivity contribution in [2.24, 2.45) is 0 Å². The van der Waals surface area contributed by atoms with Crippen LogP contribution in [-0.2, 0) is 13.0 Å². The molecule has 0 aromatic carbocycles. The van der Waals surface area contributed by atoms with E-state index in [1.165, 1.54) is 4.90 Å². The van der Waals surface area contributed by atoms with Crippen molar-refractivity contribution in [3.8, 4) is 11.3 Å². The fraction of sp³-hybridized carbons (Fsp3) is 0.278. The fourth-order valence-corrected chi connectivity index (χ4v) is 4.00. The lowest BCUT2D eigenvalue weighted by atomic mass is 10.0. The van der Waals surface area contributed by atoms with Gasteiger partial charge in [0.2, 0.25) is 0 Å². The van der Waals surface area contributed by atoms with Gasteiger partial charge in [0.25, 0.3) is 0 Å². The van der Waals surface area contributed by atoms with Crippen LogP contribution >= 0.6 is 15.9 Å². The second-order valence-corrected chi connectivity index (χ2v) is 7.19. The Hall–Kier alpha value is -2.41. The van der Waals surface area contributed by atoms with Gasteiger partial charge in [-0.2, -0.15) is 0 Å². The molecule has 0 saturated carbocycles. The van der Waals surface area contributed by atoms with Crippen LogP contribution in [0.25, 0.3) is 22.3 Å². The molecule has 0 bridgehead atoms. The fourth-order valence-electron chi connectivity index (χ4n) is 3.37. The first-order valence-electron chi connectivity index (χ1n) is 8.06. The van der Waals surface area contributed by atoms with E-state index in [4.69, 9.17) is 4.98 Å². The molecule has 0 aliphatic carbocycles. The number of nitrogens with one attached hydrogen (secondary N) is 1. The molecular formula is C18H17BrN4O2. The summed E-state index contributed by atoms with van der Waals surface area (Å²) in [7, 11) is 0. The average Bonchev–Trinajstić information content (AvgIpc) is 2.87. The Morgan fingerprint density at radius 3 is 2.64 bits per heavy atom. The van der Waals surface area contributed by atoms with Crippen LogP contribution in [0.5, 0.6) is 0 Å². The molecule has 2 N–H and O–H groups in total. The van der Waals surface area contributed by atoms with Crippen molar-refractivity contribution in [3.05, 3.63) is 45.3 Å². The molecule has 1 aliphatic heterocycles. The number of pyridine rings is 2. The molecule has 0 atom stereocenters. The maximum atomic E-state index is 11.2. The van der Waals surface area contributed by atoms with Gasteiger partial charge < -0.3 is 15.0 Å². The Morgan fingerprint density at radius 2 is 1.96 bits per heavy atom. The van der Waals surface area contributed by atoms with Gasteiger partial charge in [-0.05, 0) is 60.0 Å². The molecule has 4 rings (SSSR count). The summed E-state index contributed by atoms with van der Waals surface area (Å²) in [6.45, 7) is 4.79. The quantitative estimate of drug-likeness (QED) is 0.645. The van der Waals surface area contributed by atoms with E-state index in [0.29, 0.717) is 19.5 Å². The van der Waals surface area contributed by atoms with Crippen molar-refractivity contribution in [2.75, 3.05) is 6.54 Å². The molecule has 4 heterocycles. The summed E-state index contributed by atoms with van der Waals surface area (Å²) in [4.78, 5) is 25.2. The van der Waals surface area contributed by atoms with Crippen molar-refractivity contribution in [1.29, 1.82) is 0 Å². The minimum Gasteiger partial charge on any atom is -0.465 e. The van der Waals surface area contributed by atoms with Crippen LogP contribution in [0, 0.1) is 13.8 Å². The topological polar surface area (TPSA) is 82.1 Å². The maximum Gasteiger partial charge on any atom is 0.407 e. The summed E-state index contributed by atoms with van der Waals surface area (Å²) in [5.74, 6) is 0. The van der Waals surface area contributed by atoms with Gasteiger partial charge in [0.1, 0.15) is 5.52 Å². The highest BCUT2D eigenvalue weighted by Gasteiger charge is 2.23. The van der Waals surface area contributed by atoms with Crippen LogP contribution < -0.4 is 0 Å². The van der Waals surface area contributed by atoms with Crippen LogP contribution in [-0.4, -0.2) is 37.6 Å². The Kier molecular flexibility index (Phi) is 3.76. The summed E-state index contributed by atoms with van der Waals surface area (Å²) in [5.41, 5.74) is 7.66. The van der Waals surface area contributed by atoms with Gasteiger partial charge in [0, 0.05) is 23.5 Å². The number of amides is 1. The van der Waals surface area contributed by atoms with E-state index in [0.717, 1.165) is 49.4 Å². The van der Waals surface area contributed by atoms with Gasteiger partial charge in [-0.25, -0.2) is 9.78 Å². The molecule has 7 heteroatoms. The lowest BCUT2D eigenvalue weighted by Crippen LogP contribution is -2.35. The van der Waals surface area contributed by atoms with E-state index in [9.17, 15) is 9.90 Å². The molecule has 0 unspecified atom stereocenters. The zero-order chi connectivity index (χ0) is 17.7. The van der Waals surface area contributed by atoms with Crippen molar-refractivity contribution in [3.63, 3.8) is 0 Å². The number of rotatable bonds is 1. The second-order valence-electron chi connectivity index (χ2n) is 6.40. The molecule has 6 nitrogen and oxygen atoms in total. The van der Waals surface area contributed by atoms with Crippen LogP contribution in [0.1, 0.15) is 22.6 Å². The van der Waals surface area contributed by atoms with Crippen molar-refractivity contribution in [2.45, 2.75) is 26.8 Å². The number of fused-ring (bicyclic) bond motifs is 2. The number of nitrogens with zero attached hydrogens (tertiary/aromatic N) is 3. The van der Waals surface area contributed by atoms with E-state index in [-0.39, 0.29) is 0 Å². The lowest BCUT2D eigenvalue weighted by Gasteiger charge is -2.25. The summed E-state index contributed by atoms with van der Waals surface area (Å²) in [6, 6.07) is 6.16. The third-order valence-corrected chi connectivity index (χ3v) is 5.28. The first kappa shape index (κ1) is 16.1. The van der Waals surface area contributed by atoms with E-state index < -0.39 is 6.09 Å². The SMILES string of the molecule is Cc1cc(-c2[nH]c3cc4c(nc3c2Br)CN(C(=O)O)CC4)cc(C)n1. The first-order chi connectivity index (χ1) is 11.9. The molecule has 3 aromatic rings. The summed E-state index contributed by atoms with van der Waals surface area (Å²) in [6.07, 6.45) is -0.214. The highest BCUT2D eigenvalue weighted by molar-refractivity contribution is 9.10. The zero-order valence-corrected chi connectivity index (χ0v) is 15.5. The Labute approximate surface area is 153 Å². The van der Waals surface area contributed by atoms with Gasteiger partial charge in [0.05, 0.1) is 27.9 Å². The molecule has 0 fully saturated rings. The summed E-state index contributed by atoms with van der Waals surface area (Å²) >= 11 is 3.67. The molecule has 25 heavy (non-hydrogen) atoms. The second kappa shape index (κ2) is 5.84. The minimum absolute atomic E-state index is 0.334. The monoisotopic (exact) mass is 400 g/mol. The van der Waals surface area contributed by atoms with Crippen LogP contribution in [0.4, 0.5) is 4.79 Å². The Balaban J connectivity index is 1.84. The summed E-state index contributed by atoms with van der Waals surface area (Å²) < 4.78 is 0.891. The molecule has 0 spiro atoms. The van der Waals surface area contributed by atoms with Crippen molar-refractivity contribution in [1.82, 2.24) is 19.9 Å². The highest BCUT2D eigenvalue weighted by Crippen LogP contribution is 2.35. The zero-order valence-electron chi connectivity index (χ0n) is 13.9. The van der Waals surface area contributed by atoms with E-state index >= 15 is 0 Å². The Bertz CT molecular complexity index is 992. The number of carboxylic acid groups (broad SMARTS) is 1. The van der Waals surface area contributed by atoms with E-state index in [2.05, 4.69) is 32.0 Å². The van der Waals surface area contributed by atoms with Crippen LogP contribution in [0.2, 0.25) is 0 Å². The molecule has 1 amide bonds. The van der Waals surface area contributed by atoms with Gasteiger partial charge in [-0.1, -0.05) is 0 Å². The number of halogens is 1. The number of hydrogen-bond donors (Lipinski definition) is 2. The maximum absolute atomic E-state index is 11.2. The third-order valence-electron chi connectivity index (χ3n) is 4.51. The number of aromatic nitrogens is 3.